The van der Waals surface area contributed by atoms with Crippen LogP contribution in [0.1, 0.15) is 50.3 Å². The zero-order valence-electron chi connectivity index (χ0n) is 18.6. The van der Waals surface area contributed by atoms with Crippen LogP contribution in [-0.4, -0.2) is 23.8 Å². The van der Waals surface area contributed by atoms with Crippen molar-refractivity contribution >= 4 is 11.6 Å². The summed E-state index contributed by atoms with van der Waals surface area (Å²) in [5.74, 6) is -0.0763. The number of rotatable bonds is 7. The monoisotopic (exact) mass is 418 g/mol. The maximum atomic E-state index is 13.4. The summed E-state index contributed by atoms with van der Waals surface area (Å²) in [5, 5.41) is 10.2. The van der Waals surface area contributed by atoms with Crippen LogP contribution in [0.4, 0.5) is 0 Å². The molecule has 1 N–H and O–H groups in total. The van der Waals surface area contributed by atoms with E-state index in [1.807, 2.05) is 48.5 Å². The Balaban J connectivity index is 1.84. The first-order valence-electron chi connectivity index (χ1n) is 10.5. The average Bonchev–Trinajstić information content (AvgIpc) is 2.76. The number of ketones is 2. The summed E-state index contributed by atoms with van der Waals surface area (Å²) >= 11 is 0. The van der Waals surface area contributed by atoms with E-state index in [0.717, 1.165) is 22.4 Å². The Morgan fingerprint density at radius 3 is 2.23 bits per heavy atom. The van der Waals surface area contributed by atoms with Crippen molar-refractivity contribution in [1.29, 1.82) is 0 Å². The zero-order chi connectivity index (χ0) is 22.6. The lowest BCUT2D eigenvalue weighted by molar-refractivity contribution is -0.139. The van der Waals surface area contributed by atoms with Crippen LogP contribution in [0.25, 0.3) is 0 Å². The summed E-state index contributed by atoms with van der Waals surface area (Å²) in [6, 6.07) is 15.3. The molecule has 2 aromatic carbocycles. The van der Waals surface area contributed by atoms with Gasteiger partial charge in [-0.1, -0.05) is 69.3 Å². The lowest BCUT2D eigenvalue weighted by Gasteiger charge is -2.31. The van der Waals surface area contributed by atoms with E-state index >= 15 is 0 Å². The molecular formula is C27H30O4. The number of methoxy groups -OCH3 is 1. The zero-order valence-corrected chi connectivity index (χ0v) is 18.6. The number of allylic oxidation sites excluding steroid dienone is 4. The summed E-state index contributed by atoms with van der Waals surface area (Å²) in [4.78, 5) is 26.4. The third-order valence-electron chi connectivity index (χ3n) is 5.85. The standard InChI is InChI=1S/C27H30O4/c1-26(2,3)20-10-12-21(13-11-20)27(17-5-6-22(28)18-27)25(30)24(29)16-9-19-7-14-23(31-4)15-8-19/h5-8,10-15,17,28H,9,16,18H2,1-4H3. The van der Waals surface area contributed by atoms with Crippen LogP contribution in [0.5, 0.6) is 5.75 Å². The largest absolute Gasteiger partial charge is 0.512 e. The molecule has 0 aromatic heterocycles. The molecule has 0 aliphatic heterocycles. The second-order valence-corrected chi connectivity index (χ2v) is 9.09. The van der Waals surface area contributed by atoms with Crippen LogP contribution in [0, 0.1) is 0 Å². The fraction of sp³-hybridized carbons (Fsp3) is 0.333. The Kier molecular flexibility index (Phi) is 6.49. The Morgan fingerprint density at radius 2 is 1.68 bits per heavy atom. The van der Waals surface area contributed by atoms with Crippen molar-refractivity contribution < 1.29 is 19.4 Å². The van der Waals surface area contributed by atoms with Gasteiger partial charge in [0, 0.05) is 12.8 Å². The number of hydrogen-bond acceptors (Lipinski definition) is 4. The molecule has 0 saturated heterocycles. The van der Waals surface area contributed by atoms with E-state index in [4.69, 9.17) is 4.74 Å². The van der Waals surface area contributed by atoms with Crippen LogP contribution in [0.2, 0.25) is 0 Å². The number of aliphatic hydroxyl groups is 1. The summed E-state index contributed by atoms with van der Waals surface area (Å²) < 4.78 is 5.16. The van der Waals surface area contributed by atoms with E-state index in [-0.39, 0.29) is 24.0 Å². The molecule has 4 nitrogen and oxygen atoms in total. The smallest absolute Gasteiger partial charge is 0.213 e. The van der Waals surface area contributed by atoms with Gasteiger partial charge in [0.05, 0.1) is 18.3 Å². The quantitative estimate of drug-likeness (QED) is 0.611. The molecule has 3 rings (SSSR count). The Bertz CT molecular complexity index is 1000. The van der Waals surface area contributed by atoms with Gasteiger partial charge in [0.1, 0.15) is 5.75 Å². The van der Waals surface area contributed by atoms with Gasteiger partial charge in [-0.05, 0) is 46.7 Å². The molecule has 1 unspecified atom stereocenters. The topological polar surface area (TPSA) is 63.6 Å². The molecule has 0 spiro atoms. The van der Waals surface area contributed by atoms with Gasteiger partial charge in [0.25, 0.3) is 0 Å². The first-order valence-corrected chi connectivity index (χ1v) is 10.5. The maximum absolute atomic E-state index is 13.4. The van der Waals surface area contributed by atoms with Gasteiger partial charge in [-0.3, -0.25) is 9.59 Å². The summed E-state index contributed by atoms with van der Waals surface area (Å²) in [5.41, 5.74) is 1.64. The predicted octanol–water partition coefficient (Wildman–Crippen LogP) is 5.40. The molecule has 4 heteroatoms. The van der Waals surface area contributed by atoms with Crippen molar-refractivity contribution in [3.8, 4) is 5.75 Å². The SMILES string of the molecule is COc1ccc(CCC(=O)C(=O)C2(c3ccc(C(C)(C)C)cc3)C=CC=C(O)C2)cc1. The number of benzene rings is 2. The molecule has 1 aliphatic carbocycles. The van der Waals surface area contributed by atoms with Crippen LogP contribution in [-0.2, 0) is 26.8 Å². The molecular weight excluding hydrogens is 388 g/mol. The van der Waals surface area contributed by atoms with Gasteiger partial charge in [-0.15, -0.1) is 0 Å². The minimum Gasteiger partial charge on any atom is -0.512 e. The first-order chi connectivity index (χ1) is 14.7. The third kappa shape index (κ3) is 4.96. The fourth-order valence-corrected chi connectivity index (χ4v) is 3.89. The normalized spacial score (nSPS) is 18.4. The molecule has 0 radical (unpaired) electrons. The average molecular weight is 419 g/mol. The van der Waals surface area contributed by atoms with Crippen molar-refractivity contribution in [2.24, 2.45) is 0 Å². The van der Waals surface area contributed by atoms with E-state index in [9.17, 15) is 14.7 Å². The fourth-order valence-electron chi connectivity index (χ4n) is 3.89. The van der Waals surface area contributed by atoms with Crippen molar-refractivity contribution in [3.63, 3.8) is 0 Å². The highest BCUT2D eigenvalue weighted by atomic mass is 16.5. The minimum absolute atomic E-state index is 0.0195. The highest BCUT2D eigenvalue weighted by Gasteiger charge is 2.42. The highest BCUT2D eigenvalue weighted by Crippen LogP contribution is 2.37. The number of aryl methyl sites for hydroxylation is 1. The number of ether oxygens (including phenoxy) is 1. The number of carbonyl (C=O) groups is 2. The van der Waals surface area contributed by atoms with Gasteiger partial charge in [0.15, 0.2) is 5.78 Å². The van der Waals surface area contributed by atoms with Crippen LogP contribution in [0.15, 0.2) is 72.5 Å². The number of carbonyl (C=O) groups excluding carboxylic acids is 2. The molecule has 2 aromatic rings. The number of aliphatic hydroxyl groups excluding tert-OH is 1. The highest BCUT2D eigenvalue weighted by molar-refractivity contribution is 6.41. The van der Waals surface area contributed by atoms with Gasteiger partial charge in [-0.25, -0.2) is 0 Å². The first kappa shape index (κ1) is 22.5. The molecule has 1 atom stereocenters. The van der Waals surface area contributed by atoms with Crippen molar-refractivity contribution in [3.05, 3.63) is 89.2 Å². The third-order valence-corrected chi connectivity index (χ3v) is 5.85. The molecule has 31 heavy (non-hydrogen) atoms. The Hall–Kier alpha value is -3.14. The maximum Gasteiger partial charge on any atom is 0.213 e. The van der Waals surface area contributed by atoms with Gasteiger partial charge in [0.2, 0.25) is 5.78 Å². The molecule has 0 bridgehead atoms. The lowest BCUT2D eigenvalue weighted by atomic mass is 9.69. The van der Waals surface area contributed by atoms with Crippen LogP contribution < -0.4 is 4.74 Å². The van der Waals surface area contributed by atoms with Crippen molar-refractivity contribution in [2.75, 3.05) is 7.11 Å². The summed E-state index contributed by atoms with van der Waals surface area (Å²) in [6.45, 7) is 6.38. The Morgan fingerprint density at radius 1 is 1.03 bits per heavy atom. The van der Waals surface area contributed by atoms with E-state index in [1.54, 1.807) is 25.3 Å². The molecule has 1 aliphatic rings. The minimum atomic E-state index is -1.17. The number of Topliss-reactive ketones (excluding diaryl/α,β-unsaturated/α-hetero) is 2. The second kappa shape index (κ2) is 8.93. The lowest BCUT2D eigenvalue weighted by Crippen LogP contribution is -2.40. The molecule has 0 heterocycles. The summed E-state index contributed by atoms with van der Waals surface area (Å²) in [7, 11) is 1.60. The second-order valence-electron chi connectivity index (χ2n) is 9.09. The molecule has 162 valence electrons. The molecule has 0 saturated carbocycles. The molecule has 0 fully saturated rings. The van der Waals surface area contributed by atoms with E-state index in [1.165, 1.54) is 0 Å². The van der Waals surface area contributed by atoms with Crippen molar-refractivity contribution in [2.45, 2.75) is 50.9 Å². The molecule has 0 amide bonds. The van der Waals surface area contributed by atoms with Crippen LogP contribution in [0.3, 0.4) is 0 Å². The number of hydrogen-bond donors (Lipinski definition) is 1. The predicted molar refractivity (Wildman–Crippen MR) is 123 cm³/mol. The summed E-state index contributed by atoms with van der Waals surface area (Å²) in [6.07, 6.45) is 5.64. The van der Waals surface area contributed by atoms with Gasteiger partial charge < -0.3 is 9.84 Å². The van der Waals surface area contributed by atoms with Crippen molar-refractivity contribution in [1.82, 2.24) is 0 Å². The van der Waals surface area contributed by atoms with E-state index < -0.39 is 17.0 Å². The van der Waals surface area contributed by atoms with Crippen LogP contribution >= 0.6 is 0 Å². The van der Waals surface area contributed by atoms with E-state index in [2.05, 4.69) is 20.8 Å². The van der Waals surface area contributed by atoms with E-state index in [0.29, 0.717) is 6.42 Å². The van der Waals surface area contributed by atoms with Gasteiger partial charge in [-0.2, -0.15) is 0 Å². The Labute approximate surface area is 184 Å². The van der Waals surface area contributed by atoms with Gasteiger partial charge >= 0.3 is 0 Å².